The van der Waals surface area contributed by atoms with E-state index >= 15 is 0 Å². The minimum Gasteiger partial charge on any atom is -0.384 e. The Morgan fingerprint density at radius 2 is 1.86 bits per heavy atom. The van der Waals surface area contributed by atoms with E-state index in [1.54, 1.807) is 11.4 Å². The molecule has 118 valence electrons. The van der Waals surface area contributed by atoms with Crippen molar-refractivity contribution in [1.29, 1.82) is 0 Å². The maximum absolute atomic E-state index is 12.5. The largest absolute Gasteiger partial charge is 0.384 e. The first kappa shape index (κ1) is 16.4. The lowest BCUT2D eigenvalue weighted by Gasteiger charge is -2.31. The van der Waals surface area contributed by atoms with Crippen molar-refractivity contribution in [3.63, 3.8) is 0 Å². The van der Waals surface area contributed by atoms with Crippen molar-refractivity contribution >= 4 is 10.0 Å². The van der Waals surface area contributed by atoms with Crippen LogP contribution in [0.2, 0.25) is 0 Å². The van der Waals surface area contributed by atoms with Crippen molar-refractivity contribution in [2.75, 3.05) is 26.8 Å². The van der Waals surface area contributed by atoms with Crippen LogP contribution in [-0.2, 0) is 27.1 Å². The van der Waals surface area contributed by atoms with E-state index in [0.717, 1.165) is 24.0 Å². The van der Waals surface area contributed by atoms with Gasteiger partial charge in [-0.3, -0.25) is 0 Å². The molecule has 1 aliphatic rings. The molecule has 0 spiro atoms. The van der Waals surface area contributed by atoms with E-state index in [4.69, 9.17) is 10.5 Å². The Hall–Kier alpha value is -0.950. The number of piperidine rings is 1. The second-order valence-corrected chi connectivity index (χ2v) is 7.50. The van der Waals surface area contributed by atoms with Crippen molar-refractivity contribution < 1.29 is 13.2 Å². The zero-order valence-corrected chi connectivity index (χ0v) is 13.3. The monoisotopic (exact) mass is 312 g/mol. The van der Waals surface area contributed by atoms with E-state index < -0.39 is 10.0 Å². The summed E-state index contributed by atoms with van der Waals surface area (Å²) in [6.07, 6.45) is 1.73. The van der Waals surface area contributed by atoms with Gasteiger partial charge in [-0.2, -0.15) is 0 Å². The average Bonchev–Trinajstić information content (AvgIpc) is 2.48. The van der Waals surface area contributed by atoms with E-state index in [2.05, 4.69) is 0 Å². The smallest absolute Gasteiger partial charge is 0.218 e. The van der Waals surface area contributed by atoms with Crippen molar-refractivity contribution in [2.24, 2.45) is 11.7 Å². The number of nitrogens with zero attached hydrogens (tertiary/aromatic N) is 1. The highest BCUT2D eigenvalue weighted by Crippen LogP contribution is 2.22. The highest BCUT2D eigenvalue weighted by molar-refractivity contribution is 7.88. The molecule has 21 heavy (non-hydrogen) atoms. The second-order valence-electron chi connectivity index (χ2n) is 5.53. The summed E-state index contributed by atoms with van der Waals surface area (Å²) in [5, 5.41) is 0. The fraction of sp³-hybridized carbons (Fsp3) is 0.600. The van der Waals surface area contributed by atoms with Crippen LogP contribution in [0.4, 0.5) is 0 Å². The van der Waals surface area contributed by atoms with E-state index in [1.807, 2.05) is 24.3 Å². The predicted octanol–water partition coefficient (Wildman–Crippen LogP) is 1.33. The van der Waals surface area contributed by atoms with E-state index in [0.29, 0.717) is 32.2 Å². The minimum atomic E-state index is -3.27. The van der Waals surface area contributed by atoms with Crippen LogP contribution in [0, 0.1) is 5.92 Å². The highest BCUT2D eigenvalue weighted by atomic mass is 32.2. The number of nitrogens with two attached hydrogens (primary N) is 1. The van der Waals surface area contributed by atoms with E-state index in [1.165, 1.54) is 0 Å². The van der Waals surface area contributed by atoms with Crippen molar-refractivity contribution in [2.45, 2.75) is 25.1 Å². The minimum absolute atomic E-state index is 0.0370. The number of sulfonamides is 1. The molecule has 1 fully saturated rings. The molecule has 2 N–H and O–H groups in total. The molecule has 0 aliphatic carbocycles. The maximum Gasteiger partial charge on any atom is 0.218 e. The normalized spacial score (nSPS) is 18.0. The maximum atomic E-state index is 12.5. The Bertz CT molecular complexity index is 552. The molecular formula is C15H24N2O3S. The third-order valence-electron chi connectivity index (χ3n) is 4.05. The zero-order valence-electron chi connectivity index (χ0n) is 12.5. The summed E-state index contributed by atoms with van der Waals surface area (Å²) >= 11 is 0. The first-order valence-corrected chi connectivity index (χ1v) is 8.91. The van der Waals surface area contributed by atoms with Crippen LogP contribution in [0.15, 0.2) is 24.3 Å². The Morgan fingerprint density at radius 1 is 1.24 bits per heavy atom. The zero-order chi connectivity index (χ0) is 15.3. The second kappa shape index (κ2) is 7.35. The van der Waals surface area contributed by atoms with Gasteiger partial charge in [0.2, 0.25) is 10.0 Å². The third kappa shape index (κ3) is 4.26. The quantitative estimate of drug-likeness (QED) is 0.860. The average molecular weight is 312 g/mol. The standard InChI is InChI=1S/C15H24N2O3S/c1-20-11-13-6-8-17(9-7-13)21(18,19)12-15-5-3-2-4-14(15)10-16/h2-5,13H,6-12,16H2,1H3. The highest BCUT2D eigenvalue weighted by Gasteiger charge is 2.28. The molecule has 6 heteroatoms. The van der Waals surface area contributed by atoms with Gasteiger partial charge in [-0.1, -0.05) is 24.3 Å². The van der Waals surface area contributed by atoms with Gasteiger partial charge < -0.3 is 10.5 Å². The molecule has 1 heterocycles. The molecule has 1 aromatic carbocycles. The van der Waals surface area contributed by atoms with Crippen LogP contribution >= 0.6 is 0 Å². The van der Waals surface area contributed by atoms with Gasteiger partial charge in [0.25, 0.3) is 0 Å². The fourth-order valence-electron chi connectivity index (χ4n) is 2.78. The number of hydrogen-bond donors (Lipinski definition) is 1. The molecule has 5 nitrogen and oxygen atoms in total. The molecular weight excluding hydrogens is 288 g/mol. The number of hydrogen-bond acceptors (Lipinski definition) is 4. The summed E-state index contributed by atoms with van der Waals surface area (Å²) in [7, 11) is -1.58. The van der Waals surface area contributed by atoms with Crippen LogP contribution in [0.1, 0.15) is 24.0 Å². The molecule has 1 saturated heterocycles. The summed E-state index contributed by atoms with van der Waals surface area (Å²) in [4.78, 5) is 0. The van der Waals surface area contributed by atoms with Gasteiger partial charge in [-0.15, -0.1) is 0 Å². The molecule has 2 rings (SSSR count). The van der Waals surface area contributed by atoms with Gasteiger partial charge in [0, 0.05) is 33.4 Å². The lowest BCUT2D eigenvalue weighted by atomic mass is 9.99. The molecule has 0 aromatic heterocycles. The van der Waals surface area contributed by atoms with Gasteiger partial charge in [-0.05, 0) is 29.9 Å². The molecule has 0 amide bonds. The number of rotatable bonds is 6. The molecule has 0 atom stereocenters. The first-order valence-electron chi connectivity index (χ1n) is 7.30. The SMILES string of the molecule is COCC1CCN(S(=O)(=O)Cc2ccccc2CN)CC1. The van der Waals surface area contributed by atoms with Gasteiger partial charge in [0.15, 0.2) is 0 Å². The van der Waals surface area contributed by atoms with Crippen LogP contribution in [0.5, 0.6) is 0 Å². The molecule has 1 aromatic rings. The van der Waals surface area contributed by atoms with E-state index in [9.17, 15) is 8.42 Å². The number of benzene rings is 1. The Balaban J connectivity index is 2.02. The van der Waals surface area contributed by atoms with Gasteiger partial charge in [-0.25, -0.2) is 12.7 Å². The molecule has 0 radical (unpaired) electrons. The molecule has 0 unspecified atom stereocenters. The molecule has 0 bridgehead atoms. The summed E-state index contributed by atoms with van der Waals surface area (Å²) in [5.41, 5.74) is 7.38. The fourth-order valence-corrected chi connectivity index (χ4v) is 4.40. The van der Waals surface area contributed by atoms with Crippen LogP contribution < -0.4 is 5.73 Å². The lowest BCUT2D eigenvalue weighted by Crippen LogP contribution is -2.40. The summed E-state index contributed by atoms with van der Waals surface area (Å²) in [6, 6.07) is 7.47. The predicted molar refractivity (Wildman–Crippen MR) is 83.1 cm³/mol. The molecule has 1 aliphatic heterocycles. The van der Waals surface area contributed by atoms with Crippen LogP contribution in [0.25, 0.3) is 0 Å². The van der Waals surface area contributed by atoms with Crippen molar-refractivity contribution in [3.05, 3.63) is 35.4 Å². The van der Waals surface area contributed by atoms with Crippen LogP contribution in [-0.4, -0.2) is 39.5 Å². The number of ether oxygens (including phenoxy) is 1. The van der Waals surface area contributed by atoms with Gasteiger partial charge in [0.1, 0.15) is 0 Å². The summed E-state index contributed by atoms with van der Waals surface area (Å²) < 4.78 is 31.8. The van der Waals surface area contributed by atoms with Gasteiger partial charge in [0.05, 0.1) is 5.75 Å². The Morgan fingerprint density at radius 3 is 2.43 bits per heavy atom. The lowest BCUT2D eigenvalue weighted by molar-refractivity contribution is 0.121. The topological polar surface area (TPSA) is 72.6 Å². The number of methoxy groups -OCH3 is 1. The Kier molecular flexibility index (Phi) is 5.75. The van der Waals surface area contributed by atoms with Crippen LogP contribution in [0.3, 0.4) is 0 Å². The van der Waals surface area contributed by atoms with Crippen molar-refractivity contribution in [3.8, 4) is 0 Å². The molecule has 0 saturated carbocycles. The Labute approximate surface area is 127 Å². The summed E-state index contributed by atoms with van der Waals surface area (Å²) in [5.74, 6) is 0.507. The third-order valence-corrected chi connectivity index (χ3v) is 5.87. The van der Waals surface area contributed by atoms with E-state index in [-0.39, 0.29) is 5.75 Å². The van der Waals surface area contributed by atoms with Crippen molar-refractivity contribution in [1.82, 2.24) is 4.31 Å². The summed E-state index contributed by atoms with van der Waals surface area (Å²) in [6.45, 7) is 2.24. The van der Waals surface area contributed by atoms with Gasteiger partial charge >= 0.3 is 0 Å². The first-order chi connectivity index (χ1) is 10.1.